The Bertz CT molecular complexity index is 1220. The zero-order chi connectivity index (χ0) is 17.3. The normalized spacial score (nSPS) is 11.1. The average Bonchev–Trinajstić information content (AvgIpc) is 2.73. The number of aromatic nitrogens is 1. The van der Waals surface area contributed by atoms with Crippen LogP contribution in [-0.2, 0) is 0 Å². The average molecular weight is 331 g/mol. The summed E-state index contributed by atoms with van der Waals surface area (Å²) in [4.78, 5) is 5.05. The Balaban J connectivity index is 1.80. The predicted octanol–water partition coefficient (Wildman–Crippen LogP) is 6.72. The van der Waals surface area contributed by atoms with Gasteiger partial charge in [0.1, 0.15) is 0 Å². The molecule has 0 aliphatic rings. The van der Waals surface area contributed by atoms with Crippen molar-refractivity contribution in [3.8, 4) is 22.5 Å². The van der Waals surface area contributed by atoms with E-state index in [-0.39, 0.29) is 0 Å². The van der Waals surface area contributed by atoms with Crippen molar-refractivity contribution in [3.63, 3.8) is 0 Å². The van der Waals surface area contributed by atoms with E-state index in [9.17, 15) is 0 Å². The highest BCUT2D eigenvalue weighted by Gasteiger charge is 2.10. The van der Waals surface area contributed by atoms with Gasteiger partial charge in [-0.05, 0) is 28.3 Å². The lowest BCUT2D eigenvalue weighted by molar-refractivity contribution is 1.35. The van der Waals surface area contributed by atoms with Gasteiger partial charge in [-0.25, -0.2) is 4.98 Å². The second kappa shape index (κ2) is 6.12. The van der Waals surface area contributed by atoms with E-state index in [1.807, 2.05) is 6.07 Å². The summed E-state index contributed by atoms with van der Waals surface area (Å²) in [5.41, 5.74) is 4.33. The highest BCUT2D eigenvalue weighted by Crippen LogP contribution is 2.32. The summed E-state index contributed by atoms with van der Waals surface area (Å²) in [6.07, 6.45) is 0. The summed E-state index contributed by atoms with van der Waals surface area (Å²) in [6, 6.07) is 36.1. The van der Waals surface area contributed by atoms with Gasteiger partial charge in [-0.3, -0.25) is 0 Å². The number of fused-ring (bicyclic) bond motifs is 2. The Hall–Kier alpha value is -3.45. The molecule has 1 nitrogen and oxygen atoms in total. The van der Waals surface area contributed by atoms with E-state index in [1.54, 1.807) is 0 Å². The van der Waals surface area contributed by atoms with Crippen molar-refractivity contribution < 1.29 is 0 Å². The van der Waals surface area contributed by atoms with Crippen LogP contribution in [-0.4, -0.2) is 4.98 Å². The lowest BCUT2D eigenvalue weighted by Crippen LogP contribution is -1.91. The van der Waals surface area contributed by atoms with E-state index in [0.29, 0.717) is 0 Å². The van der Waals surface area contributed by atoms with Crippen molar-refractivity contribution in [2.24, 2.45) is 0 Å². The van der Waals surface area contributed by atoms with Crippen LogP contribution >= 0.6 is 0 Å². The molecule has 122 valence electrons. The molecule has 26 heavy (non-hydrogen) atoms. The molecule has 1 heterocycles. The molecule has 0 amide bonds. The van der Waals surface area contributed by atoms with Gasteiger partial charge in [-0.2, -0.15) is 0 Å². The molecule has 0 saturated heterocycles. The van der Waals surface area contributed by atoms with Crippen LogP contribution in [0.1, 0.15) is 0 Å². The summed E-state index contributed by atoms with van der Waals surface area (Å²) in [7, 11) is 0. The fourth-order valence-electron chi connectivity index (χ4n) is 3.51. The topological polar surface area (TPSA) is 12.9 Å². The fraction of sp³-hybridized carbons (Fsp3) is 0. The Morgan fingerprint density at radius 3 is 2.00 bits per heavy atom. The summed E-state index contributed by atoms with van der Waals surface area (Å²) < 4.78 is 0. The maximum atomic E-state index is 5.05. The zero-order valence-corrected chi connectivity index (χ0v) is 14.3. The minimum atomic E-state index is 1.01. The Labute approximate surface area is 152 Å². The van der Waals surface area contributed by atoms with Gasteiger partial charge < -0.3 is 0 Å². The summed E-state index contributed by atoms with van der Waals surface area (Å²) in [6.45, 7) is 0. The first-order chi connectivity index (χ1) is 12.9. The van der Waals surface area contributed by atoms with E-state index >= 15 is 0 Å². The van der Waals surface area contributed by atoms with Gasteiger partial charge in [0.05, 0.1) is 11.4 Å². The molecule has 4 aromatic carbocycles. The van der Waals surface area contributed by atoms with Crippen LogP contribution in [0.4, 0.5) is 0 Å². The third kappa shape index (κ3) is 2.55. The lowest BCUT2D eigenvalue weighted by Gasteiger charge is -2.11. The number of pyridine rings is 1. The number of benzene rings is 4. The zero-order valence-electron chi connectivity index (χ0n) is 14.3. The van der Waals surface area contributed by atoms with Crippen molar-refractivity contribution >= 4 is 21.5 Å². The highest BCUT2D eigenvalue weighted by molar-refractivity contribution is 5.99. The van der Waals surface area contributed by atoms with Gasteiger partial charge in [0.25, 0.3) is 0 Å². The van der Waals surface area contributed by atoms with Gasteiger partial charge in [-0.1, -0.05) is 91.0 Å². The molecule has 0 atom stereocenters. The summed E-state index contributed by atoms with van der Waals surface area (Å²) >= 11 is 0. The standard InChI is InChI=1S/C25H17N/c1-2-9-19(10-3-1)24-17-21-12-6-7-13-23(21)25(26-24)22-15-14-18-8-4-5-11-20(18)16-22/h1-17H. The number of hydrogen-bond donors (Lipinski definition) is 0. The van der Waals surface area contributed by atoms with Crippen molar-refractivity contribution in [2.45, 2.75) is 0 Å². The van der Waals surface area contributed by atoms with Gasteiger partial charge in [0, 0.05) is 16.5 Å². The van der Waals surface area contributed by atoms with Crippen LogP contribution in [0.2, 0.25) is 0 Å². The van der Waals surface area contributed by atoms with Crippen LogP contribution in [0.15, 0.2) is 103 Å². The van der Waals surface area contributed by atoms with Crippen LogP contribution in [0.5, 0.6) is 0 Å². The molecule has 5 rings (SSSR count). The largest absolute Gasteiger partial charge is 0.247 e. The number of nitrogens with zero attached hydrogens (tertiary/aromatic N) is 1. The number of hydrogen-bond acceptors (Lipinski definition) is 1. The molecule has 0 aliphatic carbocycles. The highest BCUT2D eigenvalue weighted by atomic mass is 14.7. The van der Waals surface area contributed by atoms with Gasteiger partial charge in [-0.15, -0.1) is 0 Å². The SMILES string of the molecule is c1ccc(-c2cc3ccccc3c(-c3ccc4ccccc4c3)n2)cc1. The molecule has 0 aliphatic heterocycles. The molecule has 0 unspecified atom stereocenters. The first kappa shape index (κ1) is 14.9. The molecule has 0 bridgehead atoms. The third-order valence-corrected chi connectivity index (χ3v) is 4.83. The summed E-state index contributed by atoms with van der Waals surface area (Å²) in [5.74, 6) is 0. The molecular weight excluding hydrogens is 314 g/mol. The van der Waals surface area contributed by atoms with E-state index in [1.165, 1.54) is 21.5 Å². The van der Waals surface area contributed by atoms with Crippen LogP contribution in [0, 0.1) is 0 Å². The van der Waals surface area contributed by atoms with Gasteiger partial charge in [0.15, 0.2) is 0 Å². The maximum absolute atomic E-state index is 5.05. The molecule has 0 radical (unpaired) electrons. The fourth-order valence-corrected chi connectivity index (χ4v) is 3.51. The molecule has 1 heteroatoms. The molecule has 0 spiro atoms. The molecular formula is C25H17N. The van der Waals surface area contributed by atoms with E-state index < -0.39 is 0 Å². The van der Waals surface area contributed by atoms with Crippen molar-refractivity contribution in [3.05, 3.63) is 103 Å². The Kier molecular flexibility index (Phi) is 3.50. The monoisotopic (exact) mass is 331 g/mol. The molecule has 1 aromatic heterocycles. The Morgan fingerprint density at radius 1 is 0.462 bits per heavy atom. The minimum Gasteiger partial charge on any atom is -0.247 e. The minimum absolute atomic E-state index is 1.01. The smallest absolute Gasteiger partial charge is 0.0788 e. The predicted molar refractivity (Wildman–Crippen MR) is 110 cm³/mol. The molecule has 5 aromatic rings. The Morgan fingerprint density at radius 2 is 1.15 bits per heavy atom. The first-order valence-electron chi connectivity index (χ1n) is 8.83. The van der Waals surface area contributed by atoms with Crippen LogP contribution < -0.4 is 0 Å². The van der Waals surface area contributed by atoms with Gasteiger partial charge >= 0.3 is 0 Å². The second-order valence-corrected chi connectivity index (χ2v) is 6.51. The van der Waals surface area contributed by atoms with Crippen molar-refractivity contribution in [2.75, 3.05) is 0 Å². The van der Waals surface area contributed by atoms with Crippen molar-refractivity contribution in [1.29, 1.82) is 0 Å². The molecule has 0 saturated carbocycles. The second-order valence-electron chi connectivity index (χ2n) is 6.51. The van der Waals surface area contributed by atoms with Gasteiger partial charge in [0.2, 0.25) is 0 Å². The maximum Gasteiger partial charge on any atom is 0.0788 e. The van der Waals surface area contributed by atoms with Crippen LogP contribution in [0.3, 0.4) is 0 Å². The third-order valence-electron chi connectivity index (χ3n) is 4.83. The molecule has 0 N–H and O–H groups in total. The van der Waals surface area contributed by atoms with E-state index in [4.69, 9.17) is 4.98 Å². The van der Waals surface area contributed by atoms with Crippen LogP contribution in [0.25, 0.3) is 44.1 Å². The molecule has 0 fully saturated rings. The lowest BCUT2D eigenvalue weighted by atomic mass is 9.99. The van der Waals surface area contributed by atoms with Crippen molar-refractivity contribution in [1.82, 2.24) is 4.98 Å². The quantitative estimate of drug-likeness (QED) is 0.350. The number of rotatable bonds is 2. The van der Waals surface area contributed by atoms with E-state index in [2.05, 4.69) is 97.1 Å². The summed E-state index contributed by atoms with van der Waals surface area (Å²) in [5, 5.41) is 4.88. The van der Waals surface area contributed by atoms with E-state index in [0.717, 1.165) is 22.5 Å². The first-order valence-corrected chi connectivity index (χ1v) is 8.83.